The first-order chi connectivity index (χ1) is 10.7. The maximum absolute atomic E-state index is 11.9. The Morgan fingerprint density at radius 1 is 1.27 bits per heavy atom. The van der Waals surface area contributed by atoms with E-state index in [1.165, 1.54) is 0 Å². The number of nitrogens with zero attached hydrogens (tertiary/aromatic N) is 1. The van der Waals surface area contributed by atoms with Crippen molar-refractivity contribution >= 4 is 22.9 Å². The molecule has 1 heterocycles. The molecule has 0 fully saturated rings. The molecule has 22 heavy (non-hydrogen) atoms. The first-order valence-electron chi connectivity index (χ1n) is 7.71. The van der Waals surface area contributed by atoms with Gasteiger partial charge in [-0.1, -0.05) is 25.0 Å². The van der Waals surface area contributed by atoms with Crippen molar-refractivity contribution in [2.24, 2.45) is 5.73 Å². The molecule has 0 aliphatic heterocycles. The Bertz CT molecular complexity index is 609. The molecule has 1 aromatic heterocycles. The third kappa shape index (κ3) is 5.24. The number of carbonyl (C=O) groups is 1. The predicted molar refractivity (Wildman–Crippen MR) is 93.1 cm³/mol. The summed E-state index contributed by atoms with van der Waals surface area (Å²) in [6.07, 6.45) is 4.67. The number of anilines is 1. The van der Waals surface area contributed by atoms with E-state index in [1.807, 2.05) is 36.6 Å². The molecule has 118 valence electrons. The van der Waals surface area contributed by atoms with Crippen LogP contribution in [0.2, 0.25) is 0 Å². The lowest BCUT2D eigenvalue weighted by molar-refractivity contribution is -0.116. The standard InChI is InChI=1S/C17H23N3OS/c1-13-19-16(12-22-13)14-7-6-8-15(11-14)20-17(21)9-4-2-3-5-10-18/h6-8,11-12H,2-5,9-10,18H2,1H3,(H,20,21). The van der Waals surface area contributed by atoms with Gasteiger partial charge in [0.25, 0.3) is 0 Å². The number of aromatic nitrogens is 1. The van der Waals surface area contributed by atoms with E-state index < -0.39 is 0 Å². The monoisotopic (exact) mass is 317 g/mol. The van der Waals surface area contributed by atoms with Crippen LogP contribution in [-0.4, -0.2) is 17.4 Å². The first kappa shape index (κ1) is 16.6. The molecule has 0 unspecified atom stereocenters. The molecule has 1 aromatic carbocycles. The largest absolute Gasteiger partial charge is 0.330 e. The van der Waals surface area contributed by atoms with Crippen LogP contribution < -0.4 is 11.1 Å². The molecule has 0 saturated heterocycles. The van der Waals surface area contributed by atoms with E-state index in [1.54, 1.807) is 11.3 Å². The maximum Gasteiger partial charge on any atom is 0.224 e. The lowest BCUT2D eigenvalue weighted by Crippen LogP contribution is -2.11. The van der Waals surface area contributed by atoms with Crippen LogP contribution in [0, 0.1) is 6.92 Å². The van der Waals surface area contributed by atoms with Crippen LogP contribution in [0.3, 0.4) is 0 Å². The van der Waals surface area contributed by atoms with Crippen molar-refractivity contribution < 1.29 is 4.79 Å². The minimum absolute atomic E-state index is 0.0688. The second-order valence-electron chi connectivity index (χ2n) is 5.33. The van der Waals surface area contributed by atoms with Gasteiger partial charge in [-0.3, -0.25) is 4.79 Å². The average Bonchev–Trinajstić information content (AvgIpc) is 2.94. The molecule has 0 bridgehead atoms. The highest BCUT2D eigenvalue weighted by atomic mass is 32.1. The van der Waals surface area contributed by atoms with Gasteiger partial charge in [-0.15, -0.1) is 11.3 Å². The molecular formula is C17H23N3OS. The number of amides is 1. The van der Waals surface area contributed by atoms with Crippen molar-refractivity contribution in [3.05, 3.63) is 34.7 Å². The van der Waals surface area contributed by atoms with E-state index in [4.69, 9.17) is 5.73 Å². The summed E-state index contributed by atoms with van der Waals surface area (Å²) in [4.78, 5) is 16.4. The zero-order valence-electron chi connectivity index (χ0n) is 13.0. The maximum atomic E-state index is 11.9. The fraction of sp³-hybridized carbons (Fsp3) is 0.412. The molecule has 0 atom stereocenters. The van der Waals surface area contributed by atoms with Gasteiger partial charge < -0.3 is 11.1 Å². The van der Waals surface area contributed by atoms with Gasteiger partial charge in [0, 0.05) is 23.1 Å². The lowest BCUT2D eigenvalue weighted by atomic mass is 10.1. The molecule has 2 rings (SSSR count). The number of rotatable bonds is 8. The number of hydrogen-bond acceptors (Lipinski definition) is 4. The average molecular weight is 317 g/mol. The van der Waals surface area contributed by atoms with Crippen LogP contribution in [0.1, 0.15) is 37.1 Å². The summed E-state index contributed by atoms with van der Waals surface area (Å²) >= 11 is 1.63. The van der Waals surface area contributed by atoms with Crippen molar-refractivity contribution in [2.75, 3.05) is 11.9 Å². The SMILES string of the molecule is Cc1nc(-c2cccc(NC(=O)CCCCCCN)c2)cs1. The second-order valence-corrected chi connectivity index (χ2v) is 6.40. The normalized spacial score (nSPS) is 10.6. The number of benzene rings is 1. The van der Waals surface area contributed by atoms with Gasteiger partial charge in [-0.2, -0.15) is 0 Å². The van der Waals surface area contributed by atoms with Crippen LogP contribution in [0.4, 0.5) is 5.69 Å². The zero-order chi connectivity index (χ0) is 15.8. The van der Waals surface area contributed by atoms with Crippen LogP contribution >= 0.6 is 11.3 Å². The van der Waals surface area contributed by atoms with Crippen molar-refractivity contribution in [3.63, 3.8) is 0 Å². The van der Waals surface area contributed by atoms with Gasteiger partial charge in [-0.05, 0) is 38.4 Å². The summed E-state index contributed by atoms with van der Waals surface area (Å²) in [5, 5.41) is 6.04. The molecule has 2 aromatic rings. The van der Waals surface area contributed by atoms with Gasteiger partial charge in [0.2, 0.25) is 5.91 Å². The summed E-state index contributed by atoms with van der Waals surface area (Å²) in [6, 6.07) is 7.84. The number of aryl methyl sites for hydroxylation is 1. The fourth-order valence-electron chi connectivity index (χ4n) is 2.26. The number of nitrogens with two attached hydrogens (primary N) is 1. The minimum atomic E-state index is 0.0688. The highest BCUT2D eigenvalue weighted by molar-refractivity contribution is 7.09. The Morgan fingerprint density at radius 3 is 2.82 bits per heavy atom. The highest BCUT2D eigenvalue weighted by Crippen LogP contribution is 2.24. The van der Waals surface area contributed by atoms with Crippen LogP contribution in [-0.2, 0) is 4.79 Å². The molecule has 0 aliphatic rings. The van der Waals surface area contributed by atoms with E-state index >= 15 is 0 Å². The van der Waals surface area contributed by atoms with E-state index in [9.17, 15) is 4.79 Å². The zero-order valence-corrected chi connectivity index (χ0v) is 13.8. The number of hydrogen-bond donors (Lipinski definition) is 2. The summed E-state index contributed by atoms with van der Waals surface area (Å²) in [5.41, 5.74) is 8.27. The summed E-state index contributed by atoms with van der Waals surface area (Å²) in [6.45, 7) is 2.72. The number of unbranched alkanes of at least 4 members (excludes halogenated alkanes) is 3. The Kier molecular flexibility index (Phi) is 6.55. The molecule has 0 radical (unpaired) electrons. The molecule has 5 heteroatoms. The van der Waals surface area contributed by atoms with Crippen molar-refractivity contribution in [1.29, 1.82) is 0 Å². The summed E-state index contributed by atoms with van der Waals surface area (Å²) < 4.78 is 0. The minimum Gasteiger partial charge on any atom is -0.330 e. The van der Waals surface area contributed by atoms with Crippen LogP contribution in [0.15, 0.2) is 29.6 Å². The summed E-state index contributed by atoms with van der Waals surface area (Å²) in [5.74, 6) is 0.0688. The topological polar surface area (TPSA) is 68.0 Å². The predicted octanol–water partition coefficient (Wildman–Crippen LogP) is 3.97. The smallest absolute Gasteiger partial charge is 0.224 e. The molecule has 0 saturated carbocycles. The molecule has 1 amide bonds. The Labute approximate surface area is 135 Å². The Balaban J connectivity index is 1.86. The molecule has 3 N–H and O–H groups in total. The van der Waals surface area contributed by atoms with E-state index in [0.29, 0.717) is 6.42 Å². The van der Waals surface area contributed by atoms with Gasteiger partial charge in [-0.25, -0.2) is 4.98 Å². The van der Waals surface area contributed by atoms with Crippen LogP contribution in [0.25, 0.3) is 11.3 Å². The van der Waals surface area contributed by atoms with Crippen molar-refractivity contribution in [1.82, 2.24) is 4.98 Å². The summed E-state index contributed by atoms with van der Waals surface area (Å²) in [7, 11) is 0. The third-order valence-corrected chi connectivity index (χ3v) is 4.19. The molecule has 0 spiro atoms. The van der Waals surface area contributed by atoms with E-state index in [2.05, 4.69) is 10.3 Å². The van der Waals surface area contributed by atoms with Crippen LogP contribution in [0.5, 0.6) is 0 Å². The van der Waals surface area contributed by atoms with Gasteiger partial charge in [0.05, 0.1) is 10.7 Å². The highest BCUT2D eigenvalue weighted by Gasteiger charge is 2.06. The first-order valence-corrected chi connectivity index (χ1v) is 8.59. The van der Waals surface area contributed by atoms with Gasteiger partial charge >= 0.3 is 0 Å². The molecular weight excluding hydrogens is 294 g/mol. The van der Waals surface area contributed by atoms with Crippen molar-refractivity contribution in [2.45, 2.75) is 39.0 Å². The number of nitrogens with one attached hydrogen (secondary N) is 1. The van der Waals surface area contributed by atoms with E-state index in [-0.39, 0.29) is 5.91 Å². The number of carbonyl (C=O) groups excluding carboxylic acids is 1. The second kappa shape index (κ2) is 8.66. The lowest BCUT2D eigenvalue weighted by Gasteiger charge is -2.06. The van der Waals surface area contributed by atoms with E-state index in [0.717, 1.165) is 54.2 Å². The quantitative estimate of drug-likeness (QED) is 0.724. The molecule has 4 nitrogen and oxygen atoms in total. The Hall–Kier alpha value is -1.72. The third-order valence-electron chi connectivity index (χ3n) is 3.42. The van der Waals surface area contributed by atoms with Gasteiger partial charge in [0.1, 0.15) is 0 Å². The van der Waals surface area contributed by atoms with Gasteiger partial charge in [0.15, 0.2) is 0 Å². The van der Waals surface area contributed by atoms with Crippen molar-refractivity contribution in [3.8, 4) is 11.3 Å². The fourth-order valence-corrected chi connectivity index (χ4v) is 2.88. The number of thiazole rings is 1. The Morgan fingerprint density at radius 2 is 2.09 bits per heavy atom. The molecule has 0 aliphatic carbocycles.